The van der Waals surface area contributed by atoms with Crippen LogP contribution in [0.2, 0.25) is 0 Å². The molecule has 7 heteroatoms. The van der Waals surface area contributed by atoms with E-state index in [1.54, 1.807) is 0 Å². The molecule has 0 spiro atoms. The van der Waals surface area contributed by atoms with Crippen LogP contribution in [0.15, 0.2) is 23.0 Å². The number of nitrogens with one attached hydrogen (secondary N) is 2. The third kappa shape index (κ3) is 5.33. The van der Waals surface area contributed by atoms with Crippen molar-refractivity contribution in [3.05, 3.63) is 45.2 Å². The zero-order valence-electron chi connectivity index (χ0n) is 17.3. The van der Waals surface area contributed by atoms with Gasteiger partial charge in [0, 0.05) is 18.7 Å². The maximum absolute atomic E-state index is 12.7. The fourth-order valence-corrected chi connectivity index (χ4v) is 3.24. The van der Waals surface area contributed by atoms with Crippen LogP contribution in [0.3, 0.4) is 0 Å². The molecule has 2 aromatic rings. The van der Waals surface area contributed by atoms with Crippen molar-refractivity contribution < 1.29 is 14.6 Å². The topological polar surface area (TPSA) is 94.7 Å². The van der Waals surface area contributed by atoms with Gasteiger partial charge in [-0.15, -0.1) is 0 Å². The average Bonchev–Trinajstić information content (AvgIpc) is 2.62. The number of nitrogens with zero attached hydrogens (tertiary/aromatic N) is 1. The molecule has 1 aromatic heterocycles. The Labute approximate surface area is 165 Å². The standard InChI is InChI=1S/C21H31N3O4/c1-6-28-16(5)15(4)22-21(27)24(7-8-25)12-18-11-17-10-13(2)9-14(3)19(17)23-20(18)26/h9-11,15-16,25H,6-8,12H2,1-5H3,(H,22,27)(H,23,26)/t15?,16-/m0/s1. The van der Waals surface area contributed by atoms with Gasteiger partial charge in [0.15, 0.2) is 0 Å². The summed E-state index contributed by atoms with van der Waals surface area (Å²) in [4.78, 5) is 29.6. The summed E-state index contributed by atoms with van der Waals surface area (Å²) in [5, 5.41) is 13.2. The van der Waals surface area contributed by atoms with E-state index in [9.17, 15) is 14.7 Å². The number of aliphatic hydroxyl groups excluding tert-OH is 1. The summed E-state index contributed by atoms with van der Waals surface area (Å²) in [6.07, 6.45) is -0.139. The molecule has 2 rings (SSSR count). The Bertz CT molecular complexity index is 878. The van der Waals surface area contributed by atoms with Gasteiger partial charge in [-0.3, -0.25) is 4.79 Å². The van der Waals surface area contributed by atoms with Gasteiger partial charge in [0.1, 0.15) is 0 Å². The number of amides is 2. The predicted octanol–water partition coefficient (Wildman–Crippen LogP) is 2.46. The molecule has 1 unspecified atom stereocenters. The minimum absolute atomic E-state index is 0.112. The lowest BCUT2D eigenvalue weighted by atomic mass is 10.1. The zero-order chi connectivity index (χ0) is 20.8. The molecule has 0 radical (unpaired) electrons. The number of aliphatic hydroxyl groups is 1. The maximum atomic E-state index is 12.7. The van der Waals surface area contributed by atoms with Gasteiger partial charge in [-0.2, -0.15) is 0 Å². The number of carbonyl (C=O) groups is 1. The molecule has 7 nitrogen and oxygen atoms in total. The van der Waals surface area contributed by atoms with Crippen LogP contribution in [0, 0.1) is 13.8 Å². The molecule has 28 heavy (non-hydrogen) atoms. The molecular weight excluding hydrogens is 358 g/mol. The Morgan fingerprint density at radius 2 is 2.00 bits per heavy atom. The molecule has 0 saturated carbocycles. The Hall–Kier alpha value is -2.38. The number of hydrogen-bond donors (Lipinski definition) is 3. The number of carbonyl (C=O) groups excluding carboxylic acids is 1. The molecule has 2 amide bonds. The van der Waals surface area contributed by atoms with Crippen LogP contribution < -0.4 is 10.9 Å². The summed E-state index contributed by atoms with van der Waals surface area (Å²) < 4.78 is 5.51. The highest BCUT2D eigenvalue weighted by Gasteiger charge is 2.20. The first kappa shape index (κ1) is 21.9. The molecule has 2 atom stereocenters. The van der Waals surface area contributed by atoms with Gasteiger partial charge in [0.2, 0.25) is 0 Å². The molecule has 3 N–H and O–H groups in total. The monoisotopic (exact) mass is 389 g/mol. The molecule has 1 heterocycles. The van der Waals surface area contributed by atoms with E-state index in [1.165, 1.54) is 4.90 Å². The Kier molecular flexibility index (Phi) is 7.60. The van der Waals surface area contributed by atoms with Crippen LogP contribution in [-0.2, 0) is 11.3 Å². The van der Waals surface area contributed by atoms with Crippen molar-refractivity contribution in [1.29, 1.82) is 0 Å². The number of urea groups is 1. The van der Waals surface area contributed by atoms with Crippen molar-refractivity contribution in [1.82, 2.24) is 15.2 Å². The largest absolute Gasteiger partial charge is 0.395 e. The van der Waals surface area contributed by atoms with Gasteiger partial charge >= 0.3 is 6.03 Å². The van der Waals surface area contributed by atoms with Crippen molar-refractivity contribution >= 4 is 16.9 Å². The number of fused-ring (bicyclic) bond motifs is 1. The number of H-pyrrole nitrogens is 1. The normalized spacial score (nSPS) is 13.4. The zero-order valence-corrected chi connectivity index (χ0v) is 17.3. The third-order valence-electron chi connectivity index (χ3n) is 4.87. The van der Waals surface area contributed by atoms with Gasteiger partial charge in [0.05, 0.1) is 30.8 Å². The second-order valence-electron chi connectivity index (χ2n) is 7.21. The smallest absolute Gasteiger partial charge is 0.318 e. The van der Waals surface area contributed by atoms with Crippen LogP contribution in [0.1, 0.15) is 37.5 Å². The Balaban J connectivity index is 2.25. The first-order valence-corrected chi connectivity index (χ1v) is 9.67. The summed E-state index contributed by atoms with van der Waals surface area (Å²) in [5.74, 6) is 0. The average molecular weight is 389 g/mol. The lowest BCUT2D eigenvalue weighted by Crippen LogP contribution is -2.48. The SMILES string of the molecule is CCO[C@@H](C)C(C)NC(=O)N(CCO)Cc1cc2cc(C)cc(C)c2[nH]c1=O. The maximum Gasteiger partial charge on any atom is 0.318 e. The number of pyridine rings is 1. The summed E-state index contributed by atoms with van der Waals surface area (Å²) >= 11 is 0. The van der Waals surface area contributed by atoms with E-state index in [-0.39, 0.29) is 43.4 Å². The number of benzene rings is 1. The molecule has 0 aliphatic carbocycles. The van der Waals surface area contributed by atoms with Crippen molar-refractivity contribution in [3.8, 4) is 0 Å². The molecule has 0 aliphatic rings. The minimum atomic E-state index is -0.340. The number of aromatic amines is 1. The molecule has 0 aliphatic heterocycles. The van der Waals surface area contributed by atoms with Crippen LogP contribution in [-0.4, -0.2) is 52.9 Å². The molecular formula is C21H31N3O4. The Morgan fingerprint density at radius 1 is 1.29 bits per heavy atom. The van der Waals surface area contributed by atoms with Gasteiger partial charge in [-0.25, -0.2) is 4.79 Å². The van der Waals surface area contributed by atoms with E-state index in [2.05, 4.69) is 10.3 Å². The van der Waals surface area contributed by atoms with Gasteiger partial charge < -0.3 is 25.0 Å². The van der Waals surface area contributed by atoms with Gasteiger partial charge in [0.25, 0.3) is 5.56 Å². The summed E-state index contributed by atoms with van der Waals surface area (Å²) in [5.41, 5.74) is 3.16. The fourth-order valence-electron chi connectivity index (χ4n) is 3.24. The van der Waals surface area contributed by atoms with Crippen LogP contribution >= 0.6 is 0 Å². The van der Waals surface area contributed by atoms with E-state index in [1.807, 2.05) is 52.8 Å². The summed E-state index contributed by atoms with van der Waals surface area (Å²) in [6.45, 7) is 10.2. The Morgan fingerprint density at radius 3 is 2.64 bits per heavy atom. The number of hydrogen-bond acceptors (Lipinski definition) is 4. The predicted molar refractivity (Wildman–Crippen MR) is 111 cm³/mol. The van der Waals surface area contributed by atoms with E-state index < -0.39 is 0 Å². The van der Waals surface area contributed by atoms with Crippen molar-refractivity contribution in [2.45, 2.75) is 53.3 Å². The molecule has 0 saturated heterocycles. The lowest BCUT2D eigenvalue weighted by molar-refractivity contribution is 0.0524. The van der Waals surface area contributed by atoms with E-state index >= 15 is 0 Å². The van der Waals surface area contributed by atoms with Gasteiger partial charge in [-0.1, -0.05) is 11.6 Å². The van der Waals surface area contributed by atoms with Crippen molar-refractivity contribution in [2.75, 3.05) is 19.8 Å². The fraction of sp³-hybridized carbons (Fsp3) is 0.524. The van der Waals surface area contributed by atoms with E-state index in [0.29, 0.717) is 12.2 Å². The number of ether oxygens (including phenoxy) is 1. The highest BCUT2D eigenvalue weighted by atomic mass is 16.5. The number of aryl methyl sites for hydroxylation is 2. The lowest BCUT2D eigenvalue weighted by Gasteiger charge is -2.27. The number of aromatic nitrogens is 1. The highest BCUT2D eigenvalue weighted by Crippen LogP contribution is 2.18. The highest BCUT2D eigenvalue weighted by molar-refractivity contribution is 5.83. The van der Waals surface area contributed by atoms with Crippen LogP contribution in [0.5, 0.6) is 0 Å². The van der Waals surface area contributed by atoms with Gasteiger partial charge in [-0.05, 0) is 57.7 Å². The second kappa shape index (κ2) is 9.71. The first-order valence-electron chi connectivity index (χ1n) is 9.67. The molecule has 1 aromatic carbocycles. The summed E-state index contributed by atoms with van der Waals surface area (Å²) in [6, 6.07) is 5.30. The van der Waals surface area contributed by atoms with Crippen molar-refractivity contribution in [2.24, 2.45) is 0 Å². The van der Waals surface area contributed by atoms with E-state index in [4.69, 9.17) is 4.74 Å². The molecule has 154 valence electrons. The molecule has 0 fully saturated rings. The molecule has 0 bridgehead atoms. The first-order chi connectivity index (χ1) is 13.3. The summed E-state index contributed by atoms with van der Waals surface area (Å²) in [7, 11) is 0. The number of rotatable bonds is 8. The van der Waals surface area contributed by atoms with Crippen LogP contribution in [0.4, 0.5) is 4.79 Å². The van der Waals surface area contributed by atoms with Crippen molar-refractivity contribution in [3.63, 3.8) is 0 Å². The van der Waals surface area contributed by atoms with E-state index in [0.717, 1.165) is 22.0 Å². The quantitative estimate of drug-likeness (QED) is 0.646. The minimum Gasteiger partial charge on any atom is -0.395 e. The second-order valence-corrected chi connectivity index (χ2v) is 7.21. The third-order valence-corrected chi connectivity index (χ3v) is 4.87. The van der Waals surface area contributed by atoms with Crippen LogP contribution in [0.25, 0.3) is 10.9 Å².